The molecule has 0 heterocycles. The zero-order chi connectivity index (χ0) is 17.5. The van der Waals surface area contributed by atoms with Crippen LogP contribution in [0.25, 0.3) is 0 Å². The van der Waals surface area contributed by atoms with Gasteiger partial charge in [-0.1, -0.05) is 23.2 Å². The van der Waals surface area contributed by atoms with E-state index in [4.69, 9.17) is 27.9 Å². The van der Waals surface area contributed by atoms with Gasteiger partial charge in [0.25, 0.3) is 5.91 Å². The van der Waals surface area contributed by atoms with Gasteiger partial charge in [-0.2, -0.15) is 0 Å². The summed E-state index contributed by atoms with van der Waals surface area (Å²) in [6.07, 6.45) is 0. The van der Waals surface area contributed by atoms with E-state index < -0.39 is 17.6 Å². The highest BCUT2D eigenvalue weighted by atomic mass is 35.5. The number of ether oxygens (including phenoxy) is 1. The van der Waals surface area contributed by atoms with Crippen LogP contribution in [0, 0.1) is 5.82 Å². The van der Waals surface area contributed by atoms with Crippen LogP contribution in [-0.4, -0.2) is 25.0 Å². The van der Waals surface area contributed by atoms with E-state index in [1.165, 1.54) is 30.3 Å². The fraction of sp³-hybridized carbons (Fsp3) is 0.125. The van der Waals surface area contributed by atoms with Gasteiger partial charge >= 0.3 is 0 Å². The molecule has 0 bridgehead atoms. The summed E-state index contributed by atoms with van der Waals surface area (Å²) < 4.78 is 18.0. The molecule has 0 fully saturated rings. The fourth-order valence-corrected chi connectivity index (χ4v) is 2.03. The molecule has 0 aliphatic carbocycles. The first-order valence-corrected chi connectivity index (χ1v) is 7.59. The number of benzene rings is 2. The SMILES string of the molecule is O=C(COc1cc(Cl)ccc1Cl)NCC(=O)Nc1ccc(F)cc1. The van der Waals surface area contributed by atoms with Crippen LogP contribution < -0.4 is 15.4 Å². The van der Waals surface area contributed by atoms with Crippen molar-refractivity contribution in [2.75, 3.05) is 18.5 Å². The van der Waals surface area contributed by atoms with E-state index in [1.807, 2.05) is 0 Å². The molecule has 5 nitrogen and oxygen atoms in total. The van der Waals surface area contributed by atoms with Crippen molar-refractivity contribution >= 4 is 40.7 Å². The molecule has 2 amide bonds. The topological polar surface area (TPSA) is 67.4 Å². The Morgan fingerprint density at radius 2 is 1.75 bits per heavy atom. The lowest BCUT2D eigenvalue weighted by Crippen LogP contribution is -2.35. The number of anilines is 1. The van der Waals surface area contributed by atoms with Crippen molar-refractivity contribution in [1.29, 1.82) is 0 Å². The van der Waals surface area contributed by atoms with Gasteiger partial charge in [0.15, 0.2) is 6.61 Å². The van der Waals surface area contributed by atoms with Crippen molar-refractivity contribution < 1.29 is 18.7 Å². The van der Waals surface area contributed by atoms with Crippen LogP contribution in [0.1, 0.15) is 0 Å². The maximum absolute atomic E-state index is 12.8. The Balaban J connectivity index is 1.75. The molecule has 126 valence electrons. The lowest BCUT2D eigenvalue weighted by atomic mass is 10.3. The second-order valence-electron chi connectivity index (χ2n) is 4.70. The van der Waals surface area contributed by atoms with Crippen LogP contribution in [0.15, 0.2) is 42.5 Å². The number of rotatable bonds is 6. The Morgan fingerprint density at radius 1 is 1.04 bits per heavy atom. The van der Waals surface area contributed by atoms with Crippen LogP contribution in [0.2, 0.25) is 10.0 Å². The van der Waals surface area contributed by atoms with E-state index >= 15 is 0 Å². The molecule has 24 heavy (non-hydrogen) atoms. The summed E-state index contributed by atoms with van der Waals surface area (Å²) in [5, 5.41) is 5.65. The van der Waals surface area contributed by atoms with Gasteiger partial charge in [0.1, 0.15) is 11.6 Å². The first kappa shape index (κ1) is 18.0. The standard InChI is InChI=1S/C16H13Cl2FN2O3/c17-10-1-6-13(18)14(7-10)24-9-16(23)20-8-15(22)21-12-4-2-11(19)3-5-12/h1-7H,8-9H2,(H,20,23)(H,21,22). The molecular formula is C16H13Cl2FN2O3. The Morgan fingerprint density at radius 3 is 2.46 bits per heavy atom. The Kier molecular flexibility index (Phi) is 6.40. The van der Waals surface area contributed by atoms with Crippen molar-refractivity contribution in [3.8, 4) is 5.75 Å². The lowest BCUT2D eigenvalue weighted by Gasteiger charge is -2.09. The molecule has 0 unspecified atom stereocenters. The summed E-state index contributed by atoms with van der Waals surface area (Å²) in [6.45, 7) is -0.563. The molecule has 2 rings (SSSR count). The van der Waals surface area contributed by atoms with Gasteiger partial charge in [0, 0.05) is 16.8 Å². The highest BCUT2D eigenvalue weighted by Crippen LogP contribution is 2.27. The molecule has 0 aliphatic rings. The van der Waals surface area contributed by atoms with E-state index in [0.717, 1.165) is 0 Å². The van der Waals surface area contributed by atoms with Crippen molar-refractivity contribution in [3.63, 3.8) is 0 Å². The molecule has 0 aromatic heterocycles. The number of nitrogens with one attached hydrogen (secondary N) is 2. The summed E-state index contributed by atoms with van der Waals surface area (Å²) in [5.41, 5.74) is 0.428. The van der Waals surface area contributed by atoms with Crippen LogP contribution in [0.4, 0.5) is 10.1 Å². The van der Waals surface area contributed by atoms with Gasteiger partial charge in [-0.3, -0.25) is 9.59 Å². The van der Waals surface area contributed by atoms with Crippen molar-refractivity contribution in [1.82, 2.24) is 5.32 Å². The number of carbonyl (C=O) groups excluding carboxylic acids is 2. The number of carbonyl (C=O) groups is 2. The van der Waals surface area contributed by atoms with Crippen molar-refractivity contribution in [3.05, 3.63) is 58.3 Å². The van der Waals surface area contributed by atoms with E-state index in [2.05, 4.69) is 10.6 Å². The quantitative estimate of drug-likeness (QED) is 0.819. The summed E-state index contributed by atoms with van der Waals surface area (Å²) in [6, 6.07) is 9.90. The van der Waals surface area contributed by atoms with Crippen molar-refractivity contribution in [2.45, 2.75) is 0 Å². The maximum Gasteiger partial charge on any atom is 0.258 e. The predicted molar refractivity (Wildman–Crippen MR) is 90.0 cm³/mol. The first-order chi connectivity index (χ1) is 11.4. The van der Waals surface area contributed by atoms with E-state index in [1.54, 1.807) is 12.1 Å². The molecule has 0 aliphatic heterocycles. The molecule has 0 spiro atoms. The van der Waals surface area contributed by atoms with E-state index in [0.29, 0.717) is 15.7 Å². The monoisotopic (exact) mass is 370 g/mol. The van der Waals surface area contributed by atoms with Crippen molar-refractivity contribution in [2.24, 2.45) is 0 Å². The zero-order valence-electron chi connectivity index (χ0n) is 12.3. The molecule has 2 N–H and O–H groups in total. The van der Waals surface area contributed by atoms with E-state index in [-0.39, 0.29) is 18.9 Å². The lowest BCUT2D eigenvalue weighted by molar-refractivity contribution is -0.125. The molecule has 0 saturated heterocycles. The van der Waals surface area contributed by atoms with Crippen LogP contribution in [0.3, 0.4) is 0 Å². The van der Waals surface area contributed by atoms with Crippen LogP contribution in [0.5, 0.6) is 5.75 Å². The second kappa shape index (κ2) is 8.52. The first-order valence-electron chi connectivity index (χ1n) is 6.84. The molecule has 2 aromatic rings. The number of hydrogen-bond acceptors (Lipinski definition) is 3. The highest BCUT2D eigenvalue weighted by Gasteiger charge is 2.09. The minimum atomic E-state index is -0.500. The third kappa shape index (κ3) is 5.72. The highest BCUT2D eigenvalue weighted by molar-refractivity contribution is 6.34. The molecule has 0 atom stereocenters. The number of amides is 2. The predicted octanol–water partition coefficient (Wildman–Crippen LogP) is 3.27. The number of halogens is 3. The fourth-order valence-electron chi connectivity index (χ4n) is 1.70. The van der Waals surface area contributed by atoms with Gasteiger partial charge in [0.2, 0.25) is 5.91 Å². The Hall–Kier alpha value is -2.31. The van der Waals surface area contributed by atoms with E-state index in [9.17, 15) is 14.0 Å². The molecule has 8 heteroatoms. The molecule has 0 radical (unpaired) electrons. The molecule has 0 saturated carbocycles. The average molecular weight is 371 g/mol. The largest absolute Gasteiger partial charge is 0.482 e. The minimum Gasteiger partial charge on any atom is -0.482 e. The third-order valence-corrected chi connectivity index (χ3v) is 3.37. The summed E-state index contributed by atoms with van der Waals surface area (Å²) in [4.78, 5) is 23.3. The zero-order valence-corrected chi connectivity index (χ0v) is 13.8. The number of hydrogen-bond donors (Lipinski definition) is 2. The second-order valence-corrected chi connectivity index (χ2v) is 5.54. The minimum absolute atomic E-state index is 0.247. The normalized spacial score (nSPS) is 10.1. The summed E-state index contributed by atoms with van der Waals surface area (Å²) >= 11 is 11.7. The van der Waals surface area contributed by atoms with Crippen LogP contribution in [-0.2, 0) is 9.59 Å². The summed E-state index contributed by atoms with van der Waals surface area (Å²) in [7, 11) is 0. The summed E-state index contributed by atoms with van der Waals surface area (Å²) in [5.74, 6) is -1.08. The van der Waals surface area contributed by atoms with Gasteiger partial charge in [-0.15, -0.1) is 0 Å². The average Bonchev–Trinajstić information content (AvgIpc) is 2.56. The van der Waals surface area contributed by atoms with Gasteiger partial charge in [-0.25, -0.2) is 4.39 Å². The Labute approximate surface area is 147 Å². The smallest absolute Gasteiger partial charge is 0.258 e. The molecular weight excluding hydrogens is 358 g/mol. The van der Waals surface area contributed by atoms with Crippen LogP contribution >= 0.6 is 23.2 Å². The maximum atomic E-state index is 12.8. The molecule has 2 aromatic carbocycles. The Bertz CT molecular complexity index is 739. The van der Waals surface area contributed by atoms with Gasteiger partial charge in [0.05, 0.1) is 11.6 Å². The van der Waals surface area contributed by atoms with Gasteiger partial charge in [-0.05, 0) is 36.4 Å². The third-order valence-electron chi connectivity index (χ3n) is 2.83. The van der Waals surface area contributed by atoms with Gasteiger partial charge < -0.3 is 15.4 Å².